The summed E-state index contributed by atoms with van der Waals surface area (Å²) >= 11 is 1.29. The second-order valence-electron chi connectivity index (χ2n) is 13.7. The number of hydrogen-bond acceptors (Lipinski definition) is 9. The largest absolute Gasteiger partial charge is 0.548 e. The maximum Gasteiger partial charge on any atom is 0.331 e. The second-order valence-corrected chi connectivity index (χ2v) is 15.5. The minimum absolute atomic E-state index is 0.0170. The monoisotopic (exact) mass is 704 g/mol. The van der Waals surface area contributed by atoms with Crippen LogP contribution in [0.5, 0.6) is 5.75 Å². The molecule has 1 unspecified atom stereocenters. The molecule has 2 fully saturated rings. The van der Waals surface area contributed by atoms with Gasteiger partial charge in [0.1, 0.15) is 23.2 Å². The SMILES string of the molecule is CCCC[N+](CCCC)(CCCC)CCCC.COC(=O)C=CN(C)C(C(=O)N[C@@H]1C(=O)N2[C@@H]1SC(C)(C)[C@@H]2C(=O)[O-])c1ccc(O)cc1. The molecule has 4 atom stereocenters. The fraction of sp³-hybridized carbons (Fsp3) is 0.676. The van der Waals surface area contributed by atoms with Gasteiger partial charge < -0.3 is 39.3 Å². The number of hydrogen-bond donors (Lipinski definition) is 2. The summed E-state index contributed by atoms with van der Waals surface area (Å²) in [6.45, 7) is 18.4. The van der Waals surface area contributed by atoms with Gasteiger partial charge in [-0.3, -0.25) is 9.59 Å². The van der Waals surface area contributed by atoms with Gasteiger partial charge in [0.15, 0.2) is 0 Å². The number of benzene rings is 1. The summed E-state index contributed by atoms with van der Waals surface area (Å²) in [4.78, 5) is 51.7. The summed E-state index contributed by atoms with van der Waals surface area (Å²) in [6, 6.07) is 3.03. The van der Waals surface area contributed by atoms with Crippen molar-refractivity contribution in [2.75, 3.05) is 40.3 Å². The molecule has 276 valence electrons. The maximum atomic E-state index is 13.2. The number of phenolic OH excluding ortho intramolecular Hbond substituents is 1. The molecule has 1 aromatic rings. The first-order valence-electron chi connectivity index (χ1n) is 17.9. The lowest BCUT2D eigenvalue weighted by Gasteiger charge is -2.45. The molecule has 3 rings (SSSR count). The van der Waals surface area contributed by atoms with Gasteiger partial charge in [-0.25, -0.2) is 4.79 Å². The standard InChI is InChI=1S/C21H25N3O7S.C16H36N/c1-21(2)16(20(29)30)24-18(28)14(19(24)32-21)22-17(27)15(11-5-7-12(25)8-6-11)23(3)10-9-13(26)31-4;1-5-9-13-17(14-10-6-2,15-11-7-3)16-12-8-4/h5-10,14-16,19,25H,1-4H3,(H,22,27)(H,29,30);5-16H2,1-4H3/q;+1/p-1/t14-,15?,16+,19-;/m1./s1. The summed E-state index contributed by atoms with van der Waals surface area (Å²) < 4.78 is 5.22. The van der Waals surface area contributed by atoms with Gasteiger partial charge in [-0.2, -0.15) is 0 Å². The predicted molar refractivity (Wildman–Crippen MR) is 192 cm³/mol. The maximum absolute atomic E-state index is 13.2. The molecule has 0 spiro atoms. The summed E-state index contributed by atoms with van der Waals surface area (Å²) in [5, 5.41) is 23.3. The van der Waals surface area contributed by atoms with E-state index in [4.69, 9.17) is 0 Å². The molecule has 49 heavy (non-hydrogen) atoms. The average molecular weight is 705 g/mol. The topological polar surface area (TPSA) is 139 Å². The Kier molecular flexibility index (Phi) is 17.0. The number of methoxy groups -OCH3 is 1. The van der Waals surface area contributed by atoms with Crippen LogP contribution in [-0.4, -0.2) is 106 Å². The highest BCUT2D eigenvalue weighted by Gasteiger charge is 2.62. The van der Waals surface area contributed by atoms with Gasteiger partial charge in [0, 0.05) is 24.1 Å². The third-order valence-corrected chi connectivity index (χ3v) is 11.0. The number of rotatable bonds is 19. The van der Waals surface area contributed by atoms with Crippen LogP contribution in [0.4, 0.5) is 0 Å². The number of β-lactam (4-membered cyclic amide) rings is 1. The number of unbranched alkanes of at least 4 members (excludes halogenated alkanes) is 4. The van der Waals surface area contributed by atoms with Gasteiger partial charge in [-0.05, 0) is 57.2 Å². The first-order chi connectivity index (χ1) is 23.2. The number of ether oxygens (including phenoxy) is 1. The zero-order valence-electron chi connectivity index (χ0n) is 30.9. The van der Waals surface area contributed by atoms with Crippen LogP contribution in [0.25, 0.3) is 0 Å². The fourth-order valence-corrected chi connectivity index (χ4v) is 8.18. The second kappa shape index (κ2) is 19.8. The number of esters is 1. The van der Waals surface area contributed by atoms with Gasteiger partial charge in [-0.15, -0.1) is 11.8 Å². The number of carbonyl (C=O) groups excluding carboxylic acids is 4. The Balaban J connectivity index is 0.000000417. The third kappa shape index (κ3) is 11.4. The molecule has 11 nitrogen and oxygen atoms in total. The van der Waals surface area contributed by atoms with Crippen LogP contribution < -0.4 is 10.4 Å². The van der Waals surface area contributed by atoms with Gasteiger partial charge in [0.05, 0.1) is 45.3 Å². The molecule has 0 saturated carbocycles. The number of carbonyl (C=O) groups is 4. The molecule has 2 heterocycles. The van der Waals surface area contributed by atoms with Crippen LogP contribution >= 0.6 is 11.8 Å². The number of phenols is 1. The molecule has 2 amide bonds. The molecule has 1 aromatic carbocycles. The highest BCUT2D eigenvalue weighted by Crippen LogP contribution is 2.50. The molecule has 0 aromatic heterocycles. The van der Waals surface area contributed by atoms with Gasteiger partial charge >= 0.3 is 5.97 Å². The number of nitrogens with zero attached hydrogens (tertiary/aromatic N) is 3. The smallest absolute Gasteiger partial charge is 0.331 e. The lowest BCUT2D eigenvalue weighted by atomic mass is 9.95. The van der Waals surface area contributed by atoms with Crippen molar-refractivity contribution in [2.24, 2.45) is 0 Å². The minimum atomic E-state index is -1.34. The number of carboxylic acids is 1. The average Bonchev–Trinajstić information content (AvgIpc) is 3.34. The van der Waals surface area contributed by atoms with Gasteiger partial charge in [0.2, 0.25) is 11.8 Å². The summed E-state index contributed by atoms with van der Waals surface area (Å²) in [7, 11) is 2.80. The number of aromatic hydroxyl groups is 1. The van der Waals surface area contributed by atoms with Crippen molar-refractivity contribution in [3.05, 3.63) is 42.1 Å². The summed E-state index contributed by atoms with van der Waals surface area (Å²) in [5.74, 6) is -2.94. The van der Waals surface area contributed by atoms with Crippen LogP contribution in [0.2, 0.25) is 0 Å². The lowest BCUT2D eigenvalue weighted by Crippen LogP contribution is -2.72. The molecule has 0 radical (unpaired) electrons. The van der Waals surface area contributed by atoms with E-state index in [2.05, 4.69) is 37.7 Å². The van der Waals surface area contributed by atoms with Crippen molar-refractivity contribution >= 4 is 35.5 Å². The van der Waals surface area contributed by atoms with Crippen molar-refractivity contribution in [1.29, 1.82) is 0 Å². The molecule has 2 aliphatic heterocycles. The van der Waals surface area contributed by atoms with Gasteiger partial charge in [0.25, 0.3) is 0 Å². The van der Waals surface area contributed by atoms with E-state index in [1.807, 2.05) is 0 Å². The zero-order valence-corrected chi connectivity index (χ0v) is 31.7. The van der Waals surface area contributed by atoms with Crippen LogP contribution in [0.1, 0.15) is 105 Å². The molecule has 2 N–H and O–H groups in total. The Bertz CT molecular complexity index is 1220. The molecular formula is C37H60N4O7S. The Morgan fingerprint density at radius 1 is 1.00 bits per heavy atom. The highest BCUT2D eigenvalue weighted by molar-refractivity contribution is 8.01. The Hall–Kier alpha value is -3.25. The molecule has 12 heteroatoms. The van der Waals surface area contributed by atoms with E-state index in [1.54, 1.807) is 33.0 Å². The lowest BCUT2D eigenvalue weighted by molar-refractivity contribution is -0.929. The molecular weight excluding hydrogens is 644 g/mol. The van der Waals surface area contributed by atoms with E-state index in [9.17, 15) is 29.4 Å². The van der Waals surface area contributed by atoms with Crippen molar-refractivity contribution in [1.82, 2.24) is 15.1 Å². The quantitative estimate of drug-likeness (QED) is 0.0932. The first-order valence-corrected chi connectivity index (χ1v) is 18.7. The Morgan fingerprint density at radius 3 is 1.92 bits per heavy atom. The summed E-state index contributed by atoms with van der Waals surface area (Å²) in [6.07, 6.45) is 13.6. The molecule has 0 bridgehead atoms. The molecule has 0 aliphatic carbocycles. The van der Waals surface area contributed by atoms with Crippen LogP contribution in [0, 0.1) is 0 Å². The Labute approximate surface area is 298 Å². The highest BCUT2D eigenvalue weighted by atomic mass is 32.2. The van der Waals surface area contributed by atoms with Gasteiger partial charge in [-0.1, -0.05) is 65.5 Å². The Morgan fingerprint density at radius 2 is 1.49 bits per heavy atom. The normalized spacial score (nSPS) is 20.1. The number of quaternary nitrogens is 1. The predicted octanol–water partition coefficient (Wildman–Crippen LogP) is 4.35. The van der Waals surface area contributed by atoms with Crippen molar-refractivity contribution < 1.29 is 38.6 Å². The van der Waals surface area contributed by atoms with E-state index in [1.165, 1.54) is 129 Å². The number of nitrogens with one attached hydrogen (secondary N) is 1. The van der Waals surface area contributed by atoms with Crippen LogP contribution in [0.3, 0.4) is 0 Å². The third-order valence-electron chi connectivity index (χ3n) is 9.42. The number of amides is 2. The van der Waals surface area contributed by atoms with E-state index in [0.717, 1.165) is 6.08 Å². The molecule has 2 saturated heterocycles. The number of carboxylic acid groups (broad SMARTS) is 1. The summed E-state index contributed by atoms with van der Waals surface area (Å²) in [5.41, 5.74) is 0.507. The van der Waals surface area contributed by atoms with E-state index in [0.29, 0.717) is 5.56 Å². The van der Waals surface area contributed by atoms with Crippen molar-refractivity contribution in [3.8, 4) is 5.75 Å². The first kappa shape index (κ1) is 41.9. The number of fused-ring (bicyclic) bond motifs is 1. The van der Waals surface area contributed by atoms with Crippen molar-refractivity contribution in [2.45, 2.75) is 121 Å². The fourth-order valence-electron chi connectivity index (χ4n) is 6.56. The number of likely N-dealkylation sites (N-methyl/N-ethyl adjacent to an activating group) is 1. The van der Waals surface area contributed by atoms with E-state index in [-0.39, 0.29) is 5.75 Å². The molecule has 2 aliphatic rings. The minimum Gasteiger partial charge on any atom is -0.548 e. The number of thioether (sulfide) groups is 1. The van der Waals surface area contributed by atoms with Crippen LogP contribution in [0.15, 0.2) is 36.5 Å². The van der Waals surface area contributed by atoms with Crippen molar-refractivity contribution in [3.63, 3.8) is 0 Å². The zero-order chi connectivity index (χ0) is 36.8. The number of aliphatic carboxylic acids is 1. The van der Waals surface area contributed by atoms with E-state index < -0.39 is 52.0 Å². The van der Waals surface area contributed by atoms with Crippen LogP contribution in [-0.2, 0) is 23.9 Å². The van der Waals surface area contributed by atoms with E-state index >= 15 is 0 Å².